The highest BCUT2D eigenvalue weighted by Crippen LogP contribution is 2.33. The van der Waals surface area contributed by atoms with Gasteiger partial charge in [-0.15, -0.1) is 0 Å². The van der Waals surface area contributed by atoms with Crippen LogP contribution in [0.2, 0.25) is 0 Å². The van der Waals surface area contributed by atoms with Crippen LogP contribution in [0.15, 0.2) is 18.2 Å². The second kappa shape index (κ2) is 5.56. The molecular formula is C16H26OS. The first-order valence-corrected chi connectivity index (χ1v) is 7.14. The van der Waals surface area contributed by atoms with Gasteiger partial charge in [-0.05, 0) is 29.7 Å². The number of aryl methyl sites for hydroxylation is 1. The van der Waals surface area contributed by atoms with E-state index in [9.17, 15) is 0 Å². The van der Waals surface area contributed by atoms with Crippen LogP contribution in [0, 0.1) is 12.3 Å². The van der Waals surface area contributed by atoms with Crippen molar-refractivity contribution >= 4 is 12.6 Å². The van der Waals surface area contributed by atoms with E-state index in [1.165, 1.54) is 11.1 Å². The predicted octanol–water partition coefficient (Wildman–Crippen LogP) is 4.63. The van der Waals surface area contributed by atoms with Gasteiger partial charge in [0.05, 0.1) is 6.61 Å². The van der Waals surface area contributed by atoms with Gasteiger partial charge in [-0.2, -0.15) is 12.6 Å². The maximum absolute atomic E-state index is 6.03. The van der Waals surface area contributed by atoms with Gasteiger partial charge in [-0.25, -0.2) is 0 Å². The summed E-state index contributed by atoms with van der Waals surface area (Å²) in [5.74, 6) is 1.83. The van der Waals surface area contributed by atoms with Gasteiger partial charge < -0.3 is 4.74 Å². The van der Waals surface area contributed by atoms with Crippen LogP contribution in [0.4, 0.5) is 0 Å². The number of benzene rings is 1. The smallest absolute Gasteiger partial charge is 0.123 e. The third-order valence-electron chi connectivity index (χ3n) is 2.99. The molecular weight excluding hydrogens is 240 g/mol. The van der Waals surface area contributed by atoms with E-state index in [1.807, 2.05) is 0 Å². The molecule has 0 N–H and O–H groups in total. The maximum atomic E-state index is 6.03. The molecule has 2 heteroatoms. The van der Waals surface area contributed by atoms with E-state index in [1.54, 1.807) is 0 Å². The highest BCUT2D eigenvalue weighted by Gasteiger charge is 2.22. The summed E-state index contributed by atoms with van der Waals surface area (Å²) < 4.78 is 6.03. The first-order chi connectivity index (χ1) is 8.15. The Morgan fingerprint density at radius 2 is 1.72 bits per heavy atom. The Labute approximate surface area is 117 Å². The molecule has 0 bridgehead atoms. The summed E-state index contributed by atoms with van der Waals surface area (Å²) in [4.78, 5) is 0. The first-order valence-electron chi connectivity index (χ1n) is 6.50. The van der Waals surface area contributed by atoms with E-state index in [-0.39, 0.29) is 10.8 Å². The van der Waals surface area contributed by atoms with Gasteiger partial charge in [0.15, 0.2) is 0 Å². The Balaban J connectivity index is 2.96. The molecule has 1 aromatic carbocycles. The molecule has 0 atom stereocenters. The van der Waals surface area contributed by atoms with Crippen LogP contribution in [0.25, 0.3) is 0 Å². The zero-order chi connectivity index (χ0) is 14.0. The molecule has 0 saturated heterocycles. The molecule has 102 valence electrons. The lowest BCUT2D eigenvalue weighted by Gasteiger charge is -2.27. The lowest BCUT2D eigenvalue weighted by atomic mass is 9.85. The zero-order valence-electron chi connectivity index (χ0n) is 12.5. The van der Waals surface area contributed by atoms with Gasteiger partial charge in [0.2, 0.25) is 0 Å². The molecule has 0 heterocycles. The molecule has 1 nitrogen and oxygen atoms in total. The molecule has 1 aromatic rings. The standard InChI is InChI=1S/C16H26OS/c1-12-7-8-14(13(9-12)15(2,3)4)17-10-16(5,6)11-18/h7-9,18H,10-11H2,1-6H3. The van der Waals surface area contributed by atoms with Gasteiger partial charge >= 0.3 is 0 Å². The minimum atomic E-state index is 0.100. The highest BCUT2D eigenvalue weighted by atomic mass is 32.1. The Morgan fingerprint density at radius 1 is 1.11 bits per heavy atom. The van der Waals surface area contributed by atoms with Crippen molar-refractivity contribution in [1.82, 2.24) is 0 Å². The van der Waals surface area contributed by atoms with Crippen LogP contribution in [0.3, 0.4) is 0 Å². The number of hydrogen-bond acceptors (Lipinski definition) is 2. The molecule has 0 radical (unpaired) electrons. The zero-order valence-corrected chi connectivity index (χ0v) is 13.4. The van der Waals surface area contributed by atoms with Gasteiger partial charge in [-0.3, -0.25) is 0 Å². The van der Waals surface area contributed by atoms with E-state index in [4.69, 9.17) is 4.74 Å². The van der Waals surface area contributed by atoms with Crippen LogP contribution < -0.4 is 4.74 Å². The average molecular weight is 266 g/mol. The summed E-state index contributed by atoms with van der Waals surface area (Å²) in [5, 5.41) is 0. The molecule has 0 aliphatic rings. The van der Waals surface area contributed by atoms with Crippen LogP contribution in [0.1, 0.15) is 45.7 Å². The third-order valence-corrected chi connectivity index (χ3v) is 3.85. The van der Waals surface area contributed by atoms with Crippen molar-refractivity contribution in [2.45, 2.75) is 47.0 Å². The van der Waals surface area contributed by atoms with Crippen molar-refractivity contribution in [2.24, 2.45) is 5.41 Å². The van der Waals surface area contributed by atoms with Crippen molar-refractivity contribution in [3.8, 4) is 5.75 Å². The summed E-state index contributed by atoms with van der Waals surface area (Å²) in [7, 11) is 0. The molecule has 0 spiro atoms. The predicted molar refractivity (Wildman–Crippen MR) is 83.0 cm³/mol. The van der Waals surface area contributed by atoms with Gasteiger partial charge in [0.1, 0.15) is 5.75 Å². The summed E-state index contributed by atoms with van der Waals surface area (Å²) in [6, 6.07) is 6.42. The molecule has 0 aliphatic carbocycles. The fourth-order valence-corrected chi connectivity index (χ4v) is 1.77. The molecule has 0 aliphatic heterocycles. The number of thiol groups is 1. The van der Waals surface area contributed by atoms with Crippen LogP contribution in [-0.4, -0.2) is 12.4 Å². The van der Waals surface area contributed by atoms with Crippen molar-refractivity contribution < 1.29 is 4.74 Å². The second-order valence-electron chi connectivity index (χ2n) is 6.86. The highest BCUT2D eigenvalue weighted by molar-refractivity contribution is 7.80. The maximum Gasteiger partial charge on any atom is 0.123 e. The van der Waals surface area contributed by atoms with Gasteiger partial charge in [0, 0.05) is 5.41 Å². The average Bonchev–Trinajstić information content (AvgIpc) is 2.26. The number of ether oxygens (including phenoxy) is 1. The fraction of sp³-hybridized carbons (Fsp3) is 0.625. The molecule has 0 amide bonds. The van der Waals surface area contributed by atoms with E-state index >= 15 is 0 Å². The molecule has 0 saturated carbocycles. The largest absolute Gasteiger partial charge is 0.493 e. The Morgan fingerprint density at radius 3 is 2.22 bits per heavy atom. The number of hydrogen-bond donors (Lipinski definition) is 1. The minimum Gasteiger partial charge on any atom is -0.493 e. The molecule has 18 heavy (non-hydrogen) atoms. The minimum absolute atomic E-state index is 0.100. The summed E-state index contributed by atoms with van der Waals surface area (Å²) in [6.45, 7) is 13.8. The van der Waals surface area contributed by atoms with Crippen LogP contribution in [-0.2, 0) is 5.41 Å². The Hall–Kier alpha value is -0.630. The van der Waals surface area contributed by atoms with Crippen LogP contribution in [0.5, 0.6) is 5.75 Å². The van der Waals surface area contributed by atoms with Crippen LogP contribution >= 0.6 is 12.6 Å². The lowest BCUT2D eigenvalue weighted by Crippen LogP contribution is -2.24. The topological polar surface area (TPSA) is 9.23 Å². The van der Waals surface area contributed by atoms with Gasteiger partial charge in [-0.1, -0.05) is 52.3 Å². The fourth-order valence-electron chi connectivity index (χ4n) is 1.67. The molecule has 0 fully saturated rings. The van der Waals surface area contributed by atoms with E-state index in [2.05, 4.69) is 72.4 Å². The van der Waals surface area contributed by atoms with Gasteiger partial charge in [0.25, 0.3) is 0 Å². The van der Waals surface area contributed by atoms with E-state index < -0.39 is 0 Å². The monoisotopic (exact) mass is 266 g/mol. The third kappa shape index (κ3) is 4.24. The SMILES string of the molecule is Cc1ccc(OCC(C)(C)CS)c(C(C)(C)C)c1. The summed E-state index contributed by atoms with van der Waals surface area (Å²) in [6.07, 6.45) is 0. The molecule has 1 rings (SSSR count). The Kier molecular flexibility index (Phi) is 4.77. The van der Waals surface area contributed by atoms with Crippen molar-refractivity contribution in [3.63, 3.8) is 0 Å². The molecule has 0 unspecified atom stereocenters. The van der Waals surface area contributed by atoms with E-state index in [0.29, 0.717) is 6.61 Å². The quantitative estimate of drug-likeness (QED) is 0.782. The summed E-state index contributed by atoms with van der Waals surface area (Å²) >= 11 is 4.37. The van der Waals surface area contributed by atoms with Crippen molar-refractivity contribution in [3.05, 3.63) is 29.3 Å². The number of rotatable bonds is 4. The normalized spacial score (nSPS) is 12.6. The Bertz CT molecular complexity index is 402. The first kappa shape index (κ1) is 15.4. The lowest BCUT2D eigenvalue weighted by molar-refractivity contribution is 0.199. The van der Waals surface area contributed by atoms with Crippen molar-refractivity contribution in [2.75, 3.05) is 12.4 Å². The van der Waals surface area contributed by atoms with E-state index in [0.717, 1.165) is 11.5 Å². The molecule has 0 aromatic heterocycles. The van der Waals surface area contributed by atoms with Crippen molar-refractivity contribution in [1.29, 1.82) is 0 Å². The summed E-state index contributed by atoms with van der Waals surface area (Å²) in [5.41, 5.74) is 2.76. The second-order valence-corrected chi connectivity index (χ2v) is 7.18.